The number of phenolic OH excluding ortho intramolecular Hbond substituents is 2. The van der Waals surface area contributed by atoms with E-state index in [9.17, 15) is 49.1 Å². The minimum atomic E-state index is -5.04. The number of anilines is 1. The number of phenols is 2. The standard InChI is InChI=1S/C34H27N5O11S3.Na/c1-17-11-19(7-9-26(17)36-38-28-16-29(52(45,46)47)23-5-3-4-6-24(23)33(28)40)20-8-10-27(18(2)12-20)37-39-32-30(53(48,49)50)14-21-13-22(51(42,43)44)15-25(35)31(21)34(32)41;/h3-16,40-41H,35H2,1-2H3,(H,42,43,44)(H,45,46,47)(H,48,49,50);/q;+1. The molecular formula is C34H27N5NaO11S3+. The maximum Gasteiger partial charge on any atom is 1.00 e. The monoisotopic (exact) mass is 800 g/mol. The van der Waals surface area contributed by atoms with Crippen molar-refractivity contribution in [2.24, 2.45) is 20.5 Å². The van der Waals surface area contributed by atoms with E-state index in [4.69, 9.17) is 5.73 Å². The van der Waals surface area contributed by atoms with Crippen molar-refractivity contribution in [3.63, 3.8) is 0 Å². The van der Waals surface area contributed by atoms with Gasteiger partial charge in [-0.25, -0.2) is 0 Å². The molecule has 272 valence electrons. The normalized spacial score (nSPS) is 12.5. The van der Waals surface area contributed by atoms with E-state index < -0.39 is 56.5 Å². The van der Waals surface area contributed by atoms with Gasteiger partial charge in [0.05, 0.1) is 16.3 Å². The average molecular weight is 801 g/mol. The van der Waals surface area contributed by atoms with Crippen LogP contribution in [0.5, 0.6) is 11.5 Å². The Bertz CT molecular complexity index is 2940. The smallest absolute Gasteiger partial charge is 0.505 e. The number of benzene rings is 6. The zero-order chi connectivity index (χ0) is 38.6. The molecule has 0 aliphatic heterocycles. The summed E-state index contributed by atoms with van der Waals surface area (Å²) in [5.41, 5.74) is 8.12. The Hall–Kier alpha value is -4.83. The van der Waals surface area contributed by atoms with Crippen molar-refractivity contribution in [2.75, 3.05) is 5.73 Å². The molecule has 0 saturated carbocycles. The van der Waals surface area contributed by atoms with Crippen LogP contribution in [0.3, 0.4) is 0 Å². The Morgan fingerprint density at radius 2 is 1.07 bits per heavy atom. The number of nitrogen functional groups attached to an aromatic ring is 1. The molecule has 6 aromatic carbocycles. The number of hydrogen-bond donors (Lipinski definition) is 6. The van der Waals surface area contributed by atoms with Crippen molar-refractivity contribution in [2.45, 2.75) is 28.5 Å². The van der Waals surface area contributed by atoms with Crippen LogP contribution in [0, 0.1) is 13.8 Å². The Balaban J connectivity index is 0.00000561. The summed E-state index contributed by atoms with van der Waals surface area (Å²) in [4.78, 5) is -1.99. The Morgan fingerprint density at radius 3 is 1.59 bits per heavy atom. The second-order valence-corrected chi connectivity index (χ2v) is 16.0. The first-order valence-corrected chi connectivity index (χ1v) is 19.4. The third-order valence-corrected chi connectivity index (χ3v) is 10.8. The molecule has 0 bridgehead atoms. The van der Waals surface area contributed by atoms with Gasteiger partial charge in [0.25, 0.3) is 30.4 Å². The van der Waals surface area contributed by atoms with Gasteiger partial charge in [0, 0.05) is 21.8 Å². The van der Waals surface area contributed by atoms with Gasteiger partial charge in [0.1, 0.15) is 21.2 Å². The molecule has 0 aliphatic carbocycles. The Kier molecular flexibility index (Phi) is 11.0. The maximum absolute atomic E-state index is 12.3. The molecule has 54 heavy (non-hydrogen) atoms. The summed E-state index contributed by atoms with van der Waals surface area (Å²) in [5, 5.41) is 37.8. The molecule has 0 atom stereocenters. The zero-order valence-corrected chi connectivity index (χ0v) is 32.8. The topological polar surface area (TPSA) is 279 Å². The largest absolute Gasteiger partial charge is 1.00 e. The molecule has 0 unspecified atom stereocenters. The van der Waals surface area contributed by atoms with Crippen LogP contribution < -0.4 is 35.3 Å². The summed E-state index contributed by atoms with van der Waals surface area (Å²) in [6, 6.07) is 19.9. The molecule has 0 saturated heterocycles. The van der Waals surface area contributed by atoms with Crippen LogP contribution in [0.15, 0.2) is 120 Å². The van der Waals surface area contributed by atoms with Crippen molar-refractivity contribution in [3.8, 4) is 22.6 Å². The number of azo groups is 2. The molecule has 0 heterocycles. The summed E-state index contributed by atoms with van der Waals surface area (Å²) in [7, 11) is -14.4. The molecule has 0 aromatic heterocycles. The predicted octanol–water partition coefficient (Wildman–Crippen LogP) is 4.85. The van der Waals surface area contributed by atoms with Gasteiger partial charge in [0.15, 0.2) is 11.5 Å². The fourth-order valence-electron chi connectivity index (χ4n) is 5.64. The zero-order valence-electron chi connectivity index (χ0n) is 28.4. The number of rotatable bonds is 8. The predicted molar refractivity (Wildman–Crippen MR) is 195 cm³/mol. The third-order valence-electron chi connectivity index (χ3n) is 8.22. The number of fused-ring (bicyclic) bond motifs is 2. The van der Waals surface area contributed by atoms with E-state index in [-0.39, 0.29) is 73.9 Å². The quantitative estimate of drug-likeness (QED) is 0.0522. The van der Waals surface area contributed by atoms with Gasteiger partial charge in [-0.2, -0.15) is 35.5 Å². The van der Waals surface area contributed by atoms with Crippen molar-refractivity contribution >= 4 is 80.3 Å². The number of nitrogens with two attached hydrogens (primary N) is 1. The van der Waals surface area contributed by atoms with E-state index in [2.05, 4.69) is 20.5 Å². The van der Waals surface area contributed by atoms with Gasteiger partial charge in [0.2, 0.25) is 0 Å². The third kappa shape index (κ3) is 7.99. The number of hydrogen-bond acceptors (Lipinski definition) is 13. The van der Waals surface area contributed by atoms with Gasteiger partial charge < -0.3 is 15.9 Å². The van der Waals surface area contributed by atoms with Crippen LogP contribution >= 0.6 is 0 Å². The van der Waals surface area contributed by atoms with Crippen LogP contribution in [-0.4, -0.2) is 49.1 Å². The molecule has 7 N–H and O–H groups in total. The van der Waals surface area contributed by atoms with Gasteiger partial charge in [-0.15, -0.1) is 10.2 Å². The molecular weight excluding hydrogens is 774 g/mol. The summed E-state index contributed by atoms with van der Waals surface area (Å²) < 4.78 is 101. The second kappa shape index (κ2) is 14.8. The minimum Gasteiger partial charge on any atom is -0.505 e. The van der Waals surface area contributed by atoms with Gasteiger partial charge >= 0.3 is 29.6 Å². The number of nitrogens with zero attached hydrogens (tertiary/aromatic N) is 4. The number of aromatic hydroxyl groups is 2. The van der Waals surface area contributed by atoms with E-state index in [0.29, 0.717) is 16.8 Å². The summed E-state index contributed by atoms with van der Waals surface area (Å²) in [6.45, 7) is 3.46. The molecule has 6 rings (SSSR count). The van der Waals surface area contributed by atoms with Crippen molar-refractivity contribution < 1.29 is 78.7 Å². The molecule has 0 spiro atoms. The van der Waals surface area contributed by atoms with E-state index in [0.717, 1.165) is 35.4 Å². The maximum atomic E-state index is 12.3. The second-order valence-electron chi connectivity index (χ2n) is 11.8. The average Bonchev–Trinajstić information content (AvgIpc) is 3.06. The fourth-order valence-corrected chi connectivity index (χ4v) is 7.57. The van der Waals surface area contributed by atoms with E-state index >= 15 is 0 Å². The van der Waals surface area contributed by atoms with Crippen LogP contribution in [0.1, 0.15) is 11.1 Å². The first-order chi connectivity index (χ1) is 24.7. The van der Waals surface area contributed by atoms with Gasteiger partial charge in [-0.3, -0.25) is 13.7 Å². The molecule has 20 heteroatoms. The van der Waals surface area contributed by atoms with Gasteiger partial charge in [-0.1, -0.05) is 36.4 Å². The van der Waals surface area contributed by atoms with Crippen LogP contribution in [0.2, 0.25) is 0 Å². The Morgan fingerprint density at radius 1 is 0.556 bits per heavy atom. The van der Waals surface area contributed by atoms with E-state index in [1.165, 1.54) is 12.1 Å². The summed E-state index contributed by atoms with van der Waals surface area (Å²) in [6.07, 6.45) is 0. The van der Waals surface area contributed by atoms with E-state index in [1.54, 1.807) is 62.4 Å². The van der Waals surface area contributed by atoms with Crippen molar-refractivity contribution in [3.05, 3.63) is 96.1 Å². The van der Waals surface area contributed by atoms with Crippen LogP contribution in [0.25, 0.3) is 32.7 Å². The first kappa shape index (κ1) is 40.4. The van der Waals surface area contributed by atoms with Crippen LogP contribution in [-0.2, 0) is 30.4 Å². The van der Waals surface area contributed by atoms with Gasteiger partial charge in [-0.05, 0) is 90.0 Å². The van der Waals surface area contributed by atoms with Crippen molar-refractivity contribution in [1.82, 2.24) is 0 Å². The van der Waals surface area contributed by atoms with E-state index in [1.807, 2.05) is 0 Å². The molecule has 0 fully saturated rings. The minimum absolute atomic E-state index is 0. The summed E-state index contributed by atoms with van der Waals surface area (Å²) in [5.74, 6) is -1.13. The summed E-state index contributed by atoms with van der Waals surface area (Å²) >= 11 is 0. The molecule has 0 aliphatic rings. The fraction of sp³-hybridized carbons (Fsp3) is 0.0588. The van der Waals surface area contributed by atoms with Crippen molar-refractivity contribution in [1.29, 1.82) is 0 Å². The SMILES string of the molecule is Cc1cc(-c2ccc(N=Nc3c(S(=O)(=O)O)cc4cc(S(=O)(=O)O)cc(N)c4c3O)c(C)c2)ccc1N=Nc1cc(S(=O)(=O)O)c2ccccc2c1O.[Na+]. The number of aryl methyl sites for hydroxylation is 2. The molecule has 6 aromatic rings. The molecule has 16 nitrogen and oxygen atoms in total. The Labute approximate surface area is 330 Å². The van der Waals surface area contributed by atoms with Crippen LogP contribution in [0.4, 0.5) is 28.4 Å². The first-order valence-electron chi connectivity index (χ1n) is 15.1. The molecule has 0 amide bonds. The molecule has 0 radical (unpaired) electrons.